The minimum atomic E-state index is -0.605. The highest BCUT2D eigenvalue weighted by molar-refractivity contribution is 5.95. The molecule has 0 aliphatic carbocycles. The van der Waals surface area contributed by atoms with Crippen molar-refractivity contribution in [2.75, 3.05) is 7.11 Å². The molecule has 0 atom stereocenters. The lowest BCUT2D eigenvalue weighted by molar-refractivity contribution is 0.0942. The summed E-state index contributed by atoms with van der Waals surface area (Å²) in [4.78, 5) is 25.1. The summed E-state index contributed by atoms with van der Waals surface area (Å²) in [5.41, 5.74) is 0.462. The van der Waals surface area contributed by atoms with Crippen molar-refractivity contribution in [2.24, 2.45) is 0 Å². The Morgan fingerprint density at radius 3 is 2.81 bits per heavy atom. The molecular formula is C19H18FN3O3. The van der Waals surface area contributed by atoms with Gasteiger partial charge in [-0.2, -0.15) is 5.10 Å². The van der Waals surface area contributed by atoms with Gasteiger partial charge in [0, 0.05) is 13.1 Å². The number of carbonyl (C=O) groups excluding carboxylic acids is 1. The number of methoxy groups -OCH3 is 1. The molecule has 26 heavy (non-hydrogen) atoms. The smallest absolute Gasteiger partial charge is 0.276 e. The predicted molar refractivity (Wildman–Crippen MR) is 95.8 cm³/mol. The molecule has 0 aliphatic heterocycles. The molecule has 1 aromatic heterocycles. The fourth-order valence-electron chi connectivity index (χ4n) is 2.70. The largest absolute Gasteiger partial charge is 0.497 e. The van der Waals surface area contributed by atoms with Gasteiger partial charge in [0.25, 0.3) is 5.91 Å². The van der Waals surface area contributed by atoms with Crippen LogP contribution in [0, 0.1) is 5.82 Å². The molecule has 0 saturated heterocycles. The van der Waals surface area contributed by atoms with E-state index in [2.05, 4.69) is 10.4 Å². The van der Waals surface area contributed by atoms with E-state index < -0.39 is 17.2 Å². The maximum atomic E-state index is 13.5. The highest BCUT2D eigenvalue weighted by Gasteiger charge is 2.17. The minimum Gasteiger partial charge on any atom is -0.497 e. The molecule has 134 valence electrons. The molecule has 0 radical (unpaired) electrons. The van der Waals surface area contributed by atoms with Crippen molar-refractivity contribution < 1.29 is 13.9 Å². The summed E-state index contributed by atoms with van der Waals surface area (Å²) in [7, 11) is 1.56. The van der Waals surface area contributed by atoms with Crippen LogP contribution < -0.4 is 15.5 Å². The summed E-state index contributed by atoms with van der Waals surface area (Å²) in [5.74, 6) is -0.471. The zero-order valence-corrected chi connectivity index (χ0v) is 14.5. The normalized spacial score (nSPS) is 10.7. The Balaban J connectivity index is 1.92. The number of aryl methyl sites for hydroxylation is 1. The van der Waals surface area contributed by atoms with Gasteiger partial charge in [0.05, 0.1) is 18.0 Å². The molecule has 0 spiro atoms. The van der Waals surface area contributed by atoms with Crippen molar-refractivity contribution in [3.05, 3.63) is 69.8 Å². The predicted octanol–water partition coefficient (Wildman–Crippen LogP) is 2.49. The average molecular weight is 355 g/mol. The lowest BCUT2D eigenvalue weighted by atomic mass is 10.1. The van der Waals surface area contributed by atoms with E-state index in [-0.39, 0.29) is 17.6 Å². The number of nitrogens with one attached hydrogen (secondary N) is 1. The maximum Gasteiger partial charge on any atom is 0.276 e. The molecule has 6 nitrogen and oxygen atoms in total. The third-order valence-corrected chi connectivity index (χ3v) is 4.02. The molecule has 3 aromatic rings. The Morgan fingerprint density at radius 2 is 2.08 bits per heavy atom. The number of nitrogens with zero attached hydrogens (tertiary/aromatic N) is 2. The van der Waals surface area contributed by atoms with Gasteiger partial charge in [-0.1, -0.05) is 12.1 Å². The number of halogens is 1. The van der Waals surface area contributed by atoms with Crippen LogP contribution in [0.5, 0.6) is 5.75 Å². The lowest BCUT2D eigenvalue weighted by Crippen LogP contribution is -2.31. The van der Waals surface area contributed by atoms with Crippen LogP contribution in [-0.4, -0.2) is 22.8 Å². The van der Waals surface area contributed by atoms with Crippen LogP contribution in [0.25, 0.3) is 10.9 Å². The topological polar surface area (TPSA) is 73.2 Å². The summed E-state index contributed by atoms with van der Waals surface area (Å²) >= 11 is 0. The van der Waals surface area contributed by atoms with Crippen molar-refractivity contribution in [3.63, 3.8) is 0 Å². The lowest BCUT2D eigenvalue weighted by Gasteiger charge is -2.11. The second-order valence-corrected chi connectivity index (χ2v) is 5.69. The van der Waals surface area contributed by atoms with Crippen LogP contribution in [0.3, 0.4) is 0 Å². The van der Waals surface area contributed by atoms with Gasteiger partial charge in [-0.05, 0) is 42.8 Å². The highest BCUT2D eigenvalue weighted by Crippen LogP contribution is 2.13. The average Bonchev–Trinajstić information content (AvgIpc) is 2.67. The quantitative estimate of drug-likeness (QED) is 0.763. The molecule has 0 aliphatic rings. The van der Waals surface area contributed by atoms with Gasteiger partial charge in [-0.25, -0.2) is 4.39 Å². The first-order valence-electron chi connectivity index (χ1n) is 8.15. The number of aromatic nitrogens is 2. The maximum absolute atomic E-state index is 13.5. The summed E-state index contributed by atoms with van der Waals surface area (Å²) in [6, 6.07) is 11.1. The summed E-state index contributed by atoms with van der Waals surface area (Å²) < 4.78 is 20.2. The van der Waals surface area contributed by atoms with Crippen molar-refractivity contribution in [1.29, 1.82) is 0 Å². The van der Waals surface area contributed by atoms with Gasteiger partial charge < -0.3 is 10.1 Å². The fourth-order valence-corrected chi connectivity index (χ4v) is 2.70. The Kier molecular flexibility index (Phi) is 4.97. The van der Waals surface area contributed by atoms with Gasteiger partial charge in [0.15, 0.2) is 5.69 Å². The van der Waals surface area contributed by atoms with Crippen molar-refractivity contribution in [3.8, 4) is 5.75 Å². The third kappa shape index (κ3) is 3.42. The molecule has 3 rings (SSSR count). The standard InChI is InChI=1S/C19H18FN3O3/c1-3-23-16-8-7-13(20)10-15(16)18(24)17(22-23)19(25)21-11-12-5-4-6-14(9-12)26-2/h4-10H,3,11H2,1-2H3,(H,21,25). The molecule has 0 unspecified atom stereocenters. The van der Waals surface area contributed by atoms with E-state index in [1.807, 2.05) is 13.0 Å². The molecule has 0 fully saturated rings. The number of ether oxygens (including phenoxy) is 1. The number of hydrogen-bond acceptors (Lipinski definition) is 4. The Bertz CT molecular complexity index is 1030. The van der Waals surface area contributed by atoms with E-state index in [9.17, 15) is 14.0 Å². The van der Waals surface area contributed by atoms with Gasteiger partial charge in [-0.15, -0.1) is 0 Å². The van der Waals surface area contributed by atoms with Crippen molar-refractivity contribution in [1.82, 2.24) is 15.1 Å². The van der Waals surface area contributed by atoms with Crippen molar-refractivity contribution in [2.45, 2.75) is 20.0 Å². The van der Waals surface area contributed by atoms with E-state index >= 15 is 0 Å². The van der Waals surface area contributed by atoms with Gasteiger partial charge in [0.2, 0.25) is 5.43 Å². The van der Waals surface area contributed by atoms with Crippen LogP contribution >= 0.6 is 0 Å². The van der Waals surface area contributed by atoms with E-state index in [4.69, 9.17) is 4.74 Å². The number of rotatable bonds is 5. The number of carbonyl (C=O) groups is 1. The van der Waals surface area contributed by atoms with Crippen molar-refractivity contribution >= 4 is 16.8 Å². The monoisotopic (exact) mass is 355 g/mol. The molecular weight excluding hydrogens is 337 g/mol. The molecule has 7 heteroatoms. The molecule has 0 bridgehead atoms. The minimum absolute atomic E-state index is 0.133. The van der Waals surface area contributed by atoms with Crippen LogP contribution in [0.4, 0.5) is 4.39 Å². The van der Waals surface area contributed by atoms with E-state index in [1.54, 1.807) is 25.3 Å². The van der Waals surface area contributed by atoms with E-state index in [1.165, 1.54) is 16.8 Å². The first kappa shape index (κ1) is 17.6. The second kappa shape index (κ2) is 7.35. The first-order chi connectivity index (χ1) is 12.5. The van der Waals surface area contributed by atoms with Crippen LogP contribution in [-0.2, 0) is 13.1 Å². The Hall–Kier alpha value is -3.22. The van der Waals surface area contributed by atoms with Gasteiger partial charge >= 0.3 is 0 Å². The summed E-state index contributed by atoms with van der Waals surface area (Å²) in [6.45, 7) is 2.49. The molecule has 1 amide bonds. The number of fused-ring (bicyclic) bond motifs is 1. The fraction of sp³-hybridized carbons (Fsp3) is 0.211. The SMILES string of the molecule is CCn1nc(C(=O)NCc2cccc(OC)c2)c(=O)c2cc(F)ccc21. The molecule has 0 saturated carbocycles. The van der Waals surface area contributed by atoms with E-state index in [0.717, 1.165) is 11.6 Å². The number of hydrogen-bond donors (Lipinski definition) is 1. The zero-order valence-electron chi connectivity index (χ0n) is 14.5. The Labute approximate surface area is 149 Å². The van der Waals surface area contributed by atoms with E-state index in [0.29, 0.717) is 17.8 Å². The highest BCUT2D eigenvalue weighted by atomic mass is 19.1. The Morgan fingerprint density at radius 1 is 1.27 bits per heavy atom. The third-order valence-electron chi connectivity index (χ3n) is 4.02. The van der Waals surface area contributed by atoms with Crippen LogP contribution in [0.2, 0.25) is 0 Å². The van der Waals surface area contributed by atoms with Crippen LogP contribution in [0.15, 0.2) is 47.3 Å². The summed E-state index contributed by atoms with van der Waals surface area (Å²) in [6.07, 6.45) is 0. The van der Waals surface area contributed by atoms with Gasteiger partial charge in [-0.3, -0.25) is 14.3 Å². The summed E-state index contributed by atoms with van der Waals surface area (Å²) in [5, 5.41) is 6.95. The molecule has 2 aromatic carbocycles. The number of benzene rings is 2. The molecule has 1 heterocycles. The second-order valence-electron chi connectivity index (χ2n) is 5.69. The van der Waals surface area contributed by atoms with Crippen LogP contribution in [0.1, 0.15) is 23.0 Å². The van der Waals surface area contributed by atoms with Gasteiger partial charge in [0.1, 0.15) is 11.6 Å². The zero-order chi connectivity index (χ0) is 18.7. The first-order valence-corrected chi connectivity index (χ1v) is 8.15. The number of amides is 1. The molecule has 1 N–H and O–H groups in total.